The second-order valence-electron chi connectivity index (χ2n) is 5.82. The van der Waals surface area contributed by atoms with Gasteiger partial charge in [-0.3, -0.25) is 13.9 Å². The third-order valence-corrected chi connectivity index (χ3v) is 4.46. The SMILES string of the molecule is Cn1c(=O)n(CCC(=O)N2CCC[C@H]2C(=O)O)c2ccccc21. The molecule has 1 N–H and O–H groups in total. The van der Waals surface area contributed by atoms with Crippen LogP contribution in [0, 0.1) is 0 Å². The number of likely N-dealkylation sites (tertiary alicyclic amines) is 1. The second-order valence-corrected chi connectivity index (χ2v) is 5.82. The normalized spacial score (nSPS) is 17.8. The summed E-state index contributed by atoms with van der Waals surface area (Å²) in [5.41, 5.74) is 1.42. The van der Waals surface area contributed by atoms with Crippen LogP contribution in [0.1, 0.15) is 19.3 Å². The Morgan fingerprint density at radius 3 is 2.65 bits per heavy atom. The van der Waals surface area contributed by atoms with Crippen molar-refractivity contribution in [1.29, 1.82) is 0 Å². The molecule has 1 atom stereocenters. The lowest BCUT2D eigenvalue weighted by molar-refractivity contribution is -0.148. The zero-order valence-electron chi connectivity index (χ0n) is 12.9. The standard InChI is InChI=1S/C16H19N3O4/c1-17-11-5-2-3-6-12(11)19(16(17)23)10-8-14(20)18-9-4-7-13(18)15(21)22/h2-3,5-6,13H,4,7-10H2,1H3,(H,21,22)/t13-/m0/s1. The molecule has 2 heterocycles. The predicted octanol–water partition coefficient (Wildman–Crippen LogP) is 0.806. The molecule has 0 bridgehead atoms. The van der Waals surface area contributed by atoms with Crippen LogP contribution in [0.25, 0.3) is 11.0 Å². The summed E-state index contributed by atoms with van der Waals surface area (Å²) in [6.07, 6.45) is 1.32. The molecule has 0 radical (unpaired) electrons. The van der Waals surface area contributed by atoms with Crippen molar-refractivity contribution in [1.82, 2.24) is 14.0 Å². The number of fused-ring (bicyclic) bond motifs is 1. The van der Waals surface area contributed by atoms with Crippen molar-refractivity contribution in [3.05, 3.63) is 34.7 Å². The first kappa shape index (κ1) is 15.3. The minimum atomic E-state index is -0.960. The minimum Gasteiger partial charge on any atom is -0.480 e. The monoisotopic (exact) mass is 317 g/mol. The molecule has 0 unspecified atom stereocenters. The van der Waals surface area contributed by atoms with Crippen molar-refractivity contribution in [2.75, 3.05) is 6.54 Å². The Morgan fingerprint density at radius 2 is 1.96 bits per heavy atom. The first-order valence-corrected chi connectivity index (χ1v) is 7.67. The number of benzene rings is 1. The molecule has 1 fully saturated rings. The molecule has 3 rings (SSSR count). The van der Waals surface area contributed by atoms with Crippen molar-refractivity contribution < 1.29 is 14.7 Å². The molecule has 1 aliphatic heterocycles. The molecule has 1 aromatic heterocycles. The number of carboxylic acid groups (broad SMARTS) is 1. The molecule has 1 aromatic carbocycles. The van der Waals surface area contributed by atoms with Crippen molar-refractivity contribution >= 4 is 22.9 Å². The van der Waals surface area contributed by atoms with Gasteiger partial charge in [-0.15, -0.1) is 0 Å². The predicted molar refractivity (Wildman–Crippen MR) is 84.2 cm³/mol. The quantitative estimate of drug-likeness (QED) is 0.904. The van der Waals surface area contributed by atoms with Gasteiger partial charge in [0.25, 0.3) is 0 Å². The number of para-hydroxylation sites is 2. The number of rotatable bonds is 4. The fourth-order valence-corrected chi connectivity index (χ4v) is 3.25. The van der Waals surface area contributed by atoms with Crippen LogP contribution in [-0.4, -0.2) is 43.6 Å². The van der Waals surface area contributed by atoms with Gasteiger partial charge in [0, 0.05) is 26.6 Å². The fraction of sp³-hybridized carbons (Fsp3) is 0.438. The van der Waals surface area contributed by atoms with Gasteiger partial charge < -0.3 is 10.0 Å². The lowest BCUT2D eigenvalue weighted by atomic mass is 10.2. The van der Waals surface area contributed by atoms with Crippen LogP contribution < -0.4 is 5.69 Å². The van der Waals surface area contributed by atoms with E-state index in [1.807, 2.05) is 24.3 Å². The Kier molecular flexibility index (Phi) is 3.94. The second kappa shape index (κ2) is 5.91. The number of aryl methyl sites for hydroxylation is 2. The number of nitrogens with zero attached hydrogens (tertiary/aromatic N) is 3. The van der Waals surface area contributed by atoms with Crippen LogP contribution in [0.15, 0.2) is 29.1 Å². The van der Waals surface area contributed by atoms with Crippen LogP contribution in [0.4, 0.5) is 0 Å². The van der Waals surface area contributed by atoms with E-state index in [2.05, 4.69) is 0 Å². The van der Waals surface area contributed by atoms with Crippen LogP contribution in [0.5, 0.6) is 0 Å². The van der Waals surface area contributed by atoms with Crippen LogP contribution >= 0.6 is 0 Å². The van der Waals surface area contributed by atoms with E-state index in [0.29, 0.717) is 19.4 Å². The minimum absolute atomic E-state index is 0.123. The lowest BCUT2D eigenvalue weighted by Crippen LogP contribution is -2.41. The Hall–Kier alpha value is -2.57. The first-order valence-electron chi connectivity index (χ1n) is 7.67. The highest BCUT2D eigenvalue weighted by Gasteiger charge is 2.33. The van der Waals surface area contributed by atoms with Crippen molar-refractivity contribution in [2.24, 2.45) is 7.05 Å². The highest BCUT2D eigenvalue weighted by molar-refractivity contribution is 5.84. The van der Waals surface area contributed by atoms with Crippen LogP contribution in [0.3, 0.4) is 0 Å². The number of carbonyl (C=O) groups is 2. The number of carbonyl (C=O) groups excluding carboxylic acids is 1. The molecule has 1 amide bonds. The van der Waals surface area contributed by atoms with Gasteiger partial charge in [-0.1, -0.05) is 12.1 Å². The van der Waals surface area contributed by atoms with Crippen LogP contribution in [0.2, 0.25) is 0 Å². The van der Waals surface area contributed by atoms with Gasteiger partial charge in [0.05, 0.1) is 11.0 Å². The van der Waals surface area contributed by atoms with Crippen molar-refractivity contribution in [2.45, 2.75) is 31.8 Å². The lowest BCUT2D eigenvalue weighted by Gasteiger charge is -2.21. The summed E-state index contributed by atoms with van der Waals surface area (Å²) in [5, 5.41) is 9.15. The van der Waals surface area contributed by atoms with E-state index in [4.69, 9.17) is 5.11 Å². The number of aliphatic carboxylic acids is 1. The summed E-state index contributed by atoms with van der Waals surface area (Å²) >= 11 is 0. The summed E-state index contributed by atoms with van der Waals surface area (Å²) in [6.45, 7) is 0.724. The average molecular weight is 317 g/mol. The van der Waals surface area contributed by atoms with E-state index >= 15 is 0 Å². The van der Waals surface area contributed by atoms with Gasteiger partial charge in [-0.25, -0.2) is 9.59 Å². The van der Waals surface area contributed by atoms with E-state index in [-0.39, 0.29) is 24.6 Å². The molecular formula is C16H19N3O4. The average Bonchev–Trinajstić information content (AvgIpc) is 3.11. The van der Waals surface area contributed by atoms with Gasteiger partial charge in [0.1, 0.15) is 6.04 Å². The number of hydrogen-bond donors (Lipinski definition) is 1. The number of aromatic nitrogens is 2. The molecule has 7 nitrogen and oxygen atoms in total. The van der Waals surface area contributed by atoms with Crippen molar-refractivity contribution in [3.63, 3.8) is 0 Å². The topological polar surface area (TPSA) is 84.5 Å². The molecule has 0 aliphatic carbocycles. The zero-order chi connectivity index (χ0) is 16.6. The van der Waals surface area contributed by atoms with Gasteiger partial charge in [0.2, 0.25) is 5.91 Å². The molecule has 122 valence electrons. The molecule has 0 saturated carbocycles. The molecular weight excluding hydrogens is 298 g/mol. The Balaban J connectivity index is 1.79. The molecule has 1 aliphatic rings. The summed E-state index contributed by atoms with van der Waals surface area (Å²) in [6, 6.07) is 6.68. The maximum atomic E-state index is 12.3. The maximum Gasteiger partial charge on any atom is 0.328 e. The Morgan fingerprint density at radius 1 is 1.26 bits per heavy atom. The number of imidazole rings is 1. The number of amides is 1. The smallest absolute Gasteiger partial charge is 0.328 e. The third kappa shape index (κ3) is 2.62. The first-order chi connectivity index (χ1) is 11.0. The summed E-state index contributed by atoms with van der Waals surface area (Å²) in [7, 11) is 1.70. The van der Waals surface area contributed by atoms with E-state index < -0.39 is 12.0 Å². The Bertz CT molecular complexity index is 820. The fourth-order valence-electron chi connectivity index (χ4n) is 3.25. The highest BCUT2D eigenvalue weighted by Crippen LogP contribution is 2.19. The van der Waals surface area contributed by atoms with E-state index in [1.165, 1.54) is 4.90 Å². The van der Waals surface area contributed by atoms with E-state index in [9.17, 15) is 14.4 Å². The molecule has 0 spiro atoms. The Labute approximate surface area is 132 Å². The van der Waals surface area contributed by atoms with Gasteiger partial charge in [0.15, 0.2) is 0 Å². The third-order valence-electron chi connectivity index (χ3n) is 4.46. The molecule has 7 heteroatoms. The molecule has 2 aromatic rings. The zero-order valence-corrected chi connectivity index (χ0v) is 12.9. The van der Waals surface area contributed by atoms with E-state index in [0.717, 1.165) is 11.0 Å². The van der Waals surface area contributed by atoms with Gasteiger partial charge in [-0.05, 0) is 25.0 Å². The maximum absolute atomic E-state index is 12.3. The number of hydrogen-bond acceptors (Lipinski definition) is 3. The van der Waals surface area contributed by atoms with Gasteiger partial charge in [-0.2, -0.15) is 0 Å². The van der Waals surface area contributed by atoms with Crippen LogP contribution in [-0.2, 0) is 23.2 Å². The number of carboxylic acids is 1. The highest BCUT2D eigenvalue weighted by atomic mass is 16.4. The molecule has 23 heavy (non-hydrogen) atoms. The summed E-state index contributed by atoms with van der Waals surface area (Å²) in [4.78, 5) is 37.2. The summed E-state index contributed by atoms with van der Waals surface area (Å²) in [5.74, 6) is -1.17. The largest absolute Gasteiger partial charge is 0.480 e. The van der Waals surface area contributed by atoms with Gasteiger partial charge >= 0.3 is 11.7 Å². The summed E-state index contributed by atoms with van der Waals surface area (Å²) < 4.78 is 3.12. The van der Waals surface area contributed by atoms with Crippen molar-refractivity contribution in [3.8, 4) is 0 Å². The molecule has 1 saturated heterocycles. The van der Waals surface area contributed by atoms with E-state index in [1.54, 1.807) is 16.2 Å².